The van der Waals surface area contributed by atoms with Crippen LogP contribution in [0.1, 0.15) is 0 Å². The van der Waals surface area contributed by atoms with Gasteiger partial charge in [-0.3, -0.25) is 0 Å². The van der Waals surface area contributed by atoms with Crippen LogP contribution in [-0.4, -0.2) is 52.9 Å². The van der Waals surface area contributed by atoms with Crippen molar-refractivity contribution in [3.05, 3.63) is 10.4 Å². The zero-order valence-electron chi connectivity index (χ0n) is 6.82. The van der Waals surface area contributed by atoms with Crippen molar-refractivity contribution in [3.63, 3.8) is 0 Å². The van der Waals surface area contributed by atoms with Crippen molar-refractivity contribution in [3.8, 4) is 0 Å². The van der Waals surface area contributed by atoms with Crippen LogP contribution < -0.4 is 0 Å². The first-order valence-corrected chi connectivity index (χ1v) is 3.84. The minimum atomic E-state index is -1.12. The average molecular weight is 189 g/mol. The molecule has 1 fully saturated rings. The molecule has 4 atom stereocenters. The normalized spacial score (nSPS) is 38.7. The summed E-state index contributed by atoms with van der Waals surface area (Å²) in [5.41, 5.74) is 8.01. The maximum Gasteiger partial charge on any atom is 0.111 e. The van der Waals surface area contributed by atoms with E-state index in [0.29, 0.717) is 0 Å². The second kappa shape index (κ2) is 4.40. The van der Waals surface area contributed by atoms with Crippen LogP contribution in [0.5, 0.6) is 0 Å². The maximum atomic E-state index is 9.32. The third kappa shape index (κ3) is 2.09. The van der Waals surface area contributed by atoms with Gasteiger partial charge in [-0.15, -0.1) is 0 Å². The fourth-order valence-corrected chi connectivity index (χ4v) is 1.24. The van der Waals surface area contributed by atoms with E-state index in [4.69, 9.17) is 15.4 Å². The molecular weight excluding hydrogens is 178 g/mol. The van der Waals surface area contributed by atoms with Gasteiger partial charge in [0.15, 0.2) is 0 Å². The Morgan fingerprint density at radius 3 is 2.38 bits per heavy atom. The highest BCUT2D eigenvalue weighted by Gasteiger charge is 2.41. The van der Waals surface area contributed by atoms with Gasteiger partial charge in [0.1, 0.15) is 18.3 Å². The van der Waals surface area contributed by atoms with Gasteiger partial charge < -0.3 is 20.1 Å². The number of azide groups is 1. The van der Waals surface area contributed by atoms with E-state index in [1.807, 2.05) is 0 Å². The Balaban J connectivity index is 2.54. The van der Waals surface area contributed by atoms with Crippen molar-refractivity contribution in [2.24, 2.45) is 5.11 Å². The molecule has 0 bridgehead atoms. The summed E-state index contributed by atoms with van der Waals surface area (Å²) in [4.78, 5) is 2.50. The summed E-state index contributed by atoms with van der Waals surface area (Å²) in [6.45, 7) is -0.420. The molecule has 13 heavy (non-hydrogen) atoms. The molecule has 1 rings (SSSR count). The summed E-state index contributed by atoms with van der Waals surface area (Å²) in [5.74, 6) is 0. The van der Waals surface area contributed by atoms with Gasteiger partial charge in [-0.05, 0) is 5.53 Å². The Bertz CT molecular complexity index is 218. The molecule has 3 N–H and O–H groups in total. The van der Waals surface area contributed by atoms with Crippen molar-refractivity contribution < 1.29 is 20.1 Å². The Hall–Kier alpha value is -0.850. The molecule has 1 aliphatic heterocycles. The largest absolute Gasteiger partial charge is 0.394 e. The van der Waals surface area contributed by atoms with Gasteiger partial charge in [0.25, 0.3) is 0 Å². The van der Waals surface area contributed by atoms with Gasteiger partial charge in [0, 0.05) is 4.91 Å². The maximum absolute atomic E-state index is 9.32. The molecule has 0 radical (unpaired) electrons. The zero-order chi connectivity index (χ0) is 9.84. The monoisotopic (exact) mass is 189 g/mol. The Morgan fingerprint density at radius 1 is 1.31 bits per heavy atom. The van der Waals surface area contributed by atoms with Crippen LogP contribution in [0.2, 0.25) is 0 Å². The first kappa shape index (κ1) is 10.2. The molecule has 0 spiro atoms. The molecule has 7 nitrogen and oxygen atoms in total. The molecule has 74 valence electrons. The molecule has 1 aliphatic rings. The molecular formula is C6H11N3O4. The first-order valence-electron chi connectivity index (χ1n) is 3.84. The summed E-state index contributed by atoms with van der Waals surface area (Å²) < 4.78 is 5.02. The van der Waals surface area contributed by atoms with Gasteiger partial charge in [-0.2, -0.15) is 0 Å². The Morgan fingerprint density at radius 2 is 1.92 bits per heavy atom. The smallest absolute Gasteiger partial charge is 0.111 e. The summed E-state index contributed by atoms with van der Waals surface area (Å²) in [6.07, 6.45) is -3.76. The fourth-order valence-electron chi connectivity index (χ4n) is 1.24. The van der Waals surface area contributed by atoms with Crippen LogP contribution in [0.25, 0.3) is 10.4 Å². The highest BCUT2D eigenvalue weighted by molar-refractivity contribution is 4.91. The lowest BCUT2D eigenvalue weighted by Gasteiger charge is -2.11. The van der Waals surface area contributed by atoms with Crippen LogP contribution >= 0.6 is 0 Å². The average Bonchev–Trinajstić information content (AvgIpc) is 2.41. The second-order valence-electron chi connectivity index (χ2n) is 2.79. The number of nitrogens with zero attached hydrogens (tertiary/aromatic N) is 3. The van der Waals surface area contributed by atoms with Crippen LogP contribution in [0, 0.1) is 0 Å². The minimum Gasteiger partial charge on any atom is -0.394 e. The van der Waals surface area contributed by atoms with Gasteiger partial charge in [0.2, 0.25) is 0 Å². The minimum absolute atomic E-state index is 0.0504. The molecule has 1 saturated heterocycles. The molecule has 7 heteroatoms. The summed E-state index contributed by atoms with van der Waals surface area (Å²) in [7, 11) is 0. The van der Waals surface area contributed by atoms with Crippen molar-refractivity contribution in [1.82, 2.24) is 0 Å². The van der Waals surface area contributed by atoms with E-state index in [2.05, 4.69) is 10.0 Å². The summed E-state index contributed by atoms with van der Waals surface area (Å²) in [6, 6.07) is 0. The predicted molar refractivity (Wildman–Crippen MR) is 41.8 cm³/mol. The highest BCUT2D eigenvalue weighted by atomic mass is 16.6. The fraction of sp³-hybridized carbons (Fsp3) is 1.00. The van der Waals surface area contributed by atoms with Crippen molar-refractivity contribution in [2.75, 3.05) is 13.2 Å². The van der Waals surface area contributed by atoms with Gasteiger partial charge in [-0.25, -0.2) is 0 Å². The Kier molecular flexibility index (Phi) is 3.47. The first-order chi connectivity index (χ1) is 6.20. The quantitative estimate of drug-likeness (QED) is 0.293. The SMILES string of the molecule is [N-]=[N+]=NC[C@@H]1O[C@H](CO)[C@@H](O)[C@@H]1O. The van der Waals surface area contributed by atoms with Crippen molar-refractivity contribution >= 4 is 0 Å². The number of ether oxygens (including phenoxy) is 1. The summed E-state index contributed by atoms with van der Waals surface area (Å²) >= 11 is 0. The van der Waals surface area contributed by atoms with E-state index in [1.54, 1.807) is 0 Å². The van der Waals surface area contributed by atoms with E-state index < -0.39 is 24.4 Å². The Labute approximate surface area is 74.2 Å². The third-order valence-electron chi connectivity index (χ3n) is 1.97. The van der Waals surface area contributed by atoms with Crippen molar-refractivity contribution in [1.29, 1.82) is 0 Å². The van der Waals surface area contributed by atoms with Crippen LogP contribution in [0.4, 0.5) is 0 Å². The topological polar surface area (TPSA) is 119 Å². The van der Waals surface area contributed by atoms with E-state index in [0.717, 1.165) is 0 Å². The van der Waals surface area contributed by atoms with E-state index in [1.165, 1.54) is 0 Å². The molecule has 0 saturated carbocycles. The lowest BCUT2D eigenvalue weighted by molar-refractivity contribution is -0.0192. The lowest BCUT2D eigenvalue weighted by atomic mass is 10.1. The van der Waals surface area contributed by atoms with E-state index >= 15 is 0 Å². The van der Waals surface area contributed by atoms with Crippen LogP contribution in [0.15, 0.2) is 5.11 Å². The number of rotatable bonds is 3. The molecule has 0 aromatic heterocycles. The number of aliphatic hydroxyl groups is 3. The molecule has 0 amide bonds. The van der Waals surface area contributed by atoms with Crippen molar-refractivity contribution in [2.45, 2.75) is 24.4 Å². The van der Waals surface area contributed by atoms with E-state index in [9.17, 15) is 10.2 Å². The van der Waals surface area contributed by atoms with Gasteiger partial charge in [-0.1, -0.05) is 5.11 Å². The molecule has 0 aromatic carbocycles. The number of aliphatic hydroxyl groups excluding tert-OH is 3. The predicted octanol–water partition coefficient (Wildman–Crippen LogP) is -1.22. The zero-order valence-corrected chi connectivity index (χ0v) is 6.82. The van der Waals surface area contributed by atoms with E-state index in [-0.39, 0.29) is 13.2 Å². The lowest BCUT2D eigenvalue weighted by Crippen LogP contribution is -2.34. The van der Waals surface area contributed by atoms with Gasteiger partial charge >= 0.3 is 0 Å². The van der Waals surface area contributed by atoms with Crippen LogP contribution in [0.3, 0.4) is 0 Å². The highest BCUT2D eigenvalue weighted by Crippen LogP contribution is 2.21. The molecule has 1 heterocycles. The summed E-state index contributed by atoms with van der Waals surface area (Å²) in [5, 5.41) is 30.5. The number of hydrogen-bond donors (Lipinski definition) is 3. The standard InChI is InChI=1S/C6H11N3O4/c7-9-8-1-3-5(11)6(12)4(2-10)13-3/h3-6,10-12H,1-2H2/t3-,4+,5+,6+/m0/s1. The van der Waals surface area contributed by atoms with Gasteiger partial charge in [0.05, 0.1) is 19.3 Å². The third-order valence-corrected chi connectivity index (χ3v) is 1.97. The van der Waals surface area contributed by atoms with Crippen LogP contribution in [-0.2, 0) is 4.74 Å². The second-order valence-corrected chi connectivity index (χ2v) is 2.79. The molecule has 0 aliphatic carbocycles. The molecule has 0 aromatic rings. The molecule has 0 unspecified atom stereocenters. The number of hydrogen-bond acceptors (Lipinski definition) is 5.